The number of carbonyl (C=O) groups excluding carboxylic acids is 1. The number of nitrogens with one attached hydrogen (secondary N) is 1. The van der Waals surface area contributed by atoms with Gasteiger partial charge in [0.1, 0.15) is 11.3 Å². The summed E-state index contributed by atoms with van der Waals surface area (Å²) in [6.45, 7) is -1.18. The van der Waals surface area contributed by atoms with Gasteiger partial charge in [-0.2, -0.15) is 8.78 Å². The lowest BCUT2D eigenvalue weighted by Gasteiger charge is -2.20. The van der Waals surface area contributed by atoms with Gasteiger partial charge in [0.15, 0.2) is 11.2 Å². The van der Waals surface area contributed by atoms with Crippen LogP contribution >= 0.6 is 0 Å². The SMILES string of the molecule is CCC(NC(=O)c1cc(=O)c2ccccc2o1)c1ccccc1OC(F)F. The molecule has 1 atom stereocenters. The van der Waals surface area contributed by atoms with E-state index in [-0.39, 0.29) is 16.9 Å². The zero-order valence-electron chi connectivity index (χ0n) is 14.4. The van der Waals surface area contributed by atoms with Crippen molar-refractivity contribution < 1.29 is 22.7 Å². The Balaban J connectivity index is 1.89. The maximum absolute atomic E-state index is 12.6. The number of benzene rings is 2. The fourth-order valence-corrected chi connectivity index (χ4v) is 2.82. The highest BCUT2D eigenvalue weighted by Crippen LogP contribution is 2.28. The standard InChI is InChI=1S/C20H17F2NO4/c1-2-14(12-7-3-5-9-16(12)27-20(21)22)23-19(25)18-11-15(24)13-8-4-6-10-17(13)26-18/h3-11,14,20H,2H2,1H3,(H,23,25). The number of ether oxygens (including phenoxy) is 1. The van der Waals surface area contributed by atoms with E-state index in [4.69, 9.17) is 4.42 Å². The van der Waals surface area contributed by atoms with Gasteiger partial charge in [0.25, 0.3) is 5.91 Å². The minimum absolute atomic E-state index is 0.0142. The number of carbonyl (C=O) groups is 1. The van der Waals surface area contributed by atoms with Crippen LogP contribution in [0.1, 0.15) is 35.5 Å². The smallest absolute Gasteiger partial charge is 0.387 e. The zero-order valence-corrected chi connectivity index (χ0v) is 14.4. The summed E-state index contributed by atoms with van der Waals surface area (Å²) >= 11 is 0. The Morgan fingerprint density at radius 3 is 2.59 bits per heavy atom. The maximum atomic E-state index is 12.6. The third kappa shape index (κ3) is 4.13. The second-order valence-corrected chi connectivity index (χ2v) is 5.82. The van der Waals surface area contributed by atoms with Crippen LogP contribution < -0.4 is 15.5 Å². The van der Waals surface area contributed by atoms with Gasteiger partial charge in [0.2, 0.25) is 0 Å². The Kier molecular flexibility index (Phi) is 5.49. The molecule has 7 heteroatoms. The van der Waals surface area contributed by atoms with Crippen molar-refractivity contribution >= 4 is 16.9 Å². The van der Waals surface area contributed by atoms with Crippen molar-refractivity contribution in [2.75, 3.05) is 0 Å². The molecule has 0 saturated heterocycles. The van der Waals surface area contributed by atoms with Crippen molar-refractivity contribution in [3.8, 4) is 5.75 Å². The lowest BCUT2D eigenvalue weighted by atomic mass is 10.0. The predicted molar refractivity (Wildman–Crippen MR) is 96.1 cm³/mol. The van der Waals surface area contributed by atoms with E-state index in [1.807, 2.05) is 0 Å². The molecule has 27 heavy (non-hydrogen) atoms. The fourth-order valence-electron chi connectivity index (χ4n) is 2.82. The maximum Gasteiger partial charge on any atom is 0.387 e. The van der Waals surface area contributed by atoms with Crippen LogP contribution in [0, 0.1) is 0 Å². The zero-order chi connectivity index (χ0) is 19.4. The van der Waals surface area contributed by atoms with E-state index in [2.05, 4.69) is 10.1 Å². The van der Waals surface area contributed by atoms with Crippen LogP contribution in [-0.2, 0) is 0 Å². The van der Waals surface area contributed by atoms with E-state index in [0.717, 1.165) is 6.07 Å². The van der Waals surface area contributed by atoms with Gasteiger partial charge < -0.3 is 14.5 Å². The summed E-state index contributed by atoms with van der Waals surface area (Å²) in [6, 6.07) is 13.4. The monoisotopic (exact) mass is 373 g/mol. The number of rotatable bonds is 6. The van der Waals surface area contributed by atoms with Gasteiger partial charge in [-0.05, 0) is 24.6 Å². The summed E-state index contributed by atoms with van der Waals surface area (Å²) < 4.78 is 35.3. The van der Waals surface area contributed by atoms with E-state index < -0.39 is 18.6 Å². The molecule has 2 aromatic carbocycles. The number of halogens is 2. The minimum atomic E-state index is -2.97. The first-order chi connectivity index (χ1) is 13.0. The van der Waals surface area contributed by atoms with Gasteiger partial charge in [-0.25, -0.2) is 0 Å². The molecule has 0 radical (unpaired) electrons. The highest BCUT2D eigenvalue weighted by Gasteiger charge is 2.21. The molecule has 0 aliphatic heterocycles. The van der Waals surface area contributed by atoms with Gasteiger partial charge in [-0.15, -0.1) is 0 Å². The van der Waals surface area contributed by atoms with Gasteiger partial charge >= 0.3 is 6.61 Å². The molecule has 5 nitrogen and oxygen atoms in total. The highest BCUT2D eigenvalue weighted by atomic mass is 19.3. The molecule has 0 aliphatic carbocycles. The van der Waals surface area contributed by atoms with Crippen LogP contribution in [0.3, 0.4) is 0 Å². The predicted octanol–water partition coefficient (Wildman–Crippen LogP) is 4.28. The molecule has 0 saturated carbocycles. The van der Waals surface area contributed by atoms with Gasteiger partial charge in [-0.3, -0.25) is 9.59 Å². The topological polar surface area (TPSA) is 68.5 Å². The minimum Gasteiger partial charge on any atom is -0.451 e. The van der Waals surface area contributed by atoms with Crippen molar-refractivity contribution in [1.29, 1.82) is 0 Å². The summed E-state index contributed by atoms with van der Waals surface area (Å²) in [4.78, 5) is 24.7. The van der Waals surface area contributed by atoms with Crippen LogP contribution in [0.2, 0.25) is 0 Å². The number of amides is 1. The Morgan fingerprint density at radius 1 is 1.15 bits per heavy atom. The first-order valence-electron chi connectivity index (χ1n) is 8.37. The lowest BCUT2D eigenvalue weighted by Crippen LogP contribution is -2.29. The molecule has 1 aromatic heterocycles. The molecule has 0 spiro atoms. The molecule has 1 N–H and O–H groups in total. The van der Waals surface area contributed by atoms with Crippen molar-refractivity contribution in [3.05, 3.63) is 76.1 Å². The van der Waals surface area contributed by atoms with Crippen molar-refractivity contribution in [2.45, 2.75) is 26.0 Å². The number of para-hydroxylation sites is 2. The van der Waals surface area contributed by atoms with Crippen molar-refractivity contribution in [3.63, 3.8) is 0 Å². The summed E-state index contributed by atoms with van der Waals surface area (Å²) in [6.07, 6.45) is 0.424. The summed E-state index contributed by atoms with van der Waals surface area (Å²) in [7, 11) is 0. The molecular formula is C20H17F2NO4. The Hall–Kier alpha value is -3.22. The first kappa shape index (κ1) is 18.6. The molecule has 0 fully saturated rings. The van der Waals surface area contributed by atoms with Crippen molar-refractivity contribution in [2.24, 2.45) is 0 Å². The van der Waals surface area contributed by atoms with E-state index >= 15 is 0 Å². The molecule has 1 unspecified atom stereocenters. The van der Waals surface area contributed by atoms with Gasteiger partial charge in [-0.1, -0.05) is 37.3 Å². The molecule has 3 rings (SSSR count). The molecule has 0 bridgehead atoms. The molecule has 1 amide bonds. The second kappa shape index (κ2) is 7.99. The van der Waals surface area contributed by atoms with E-state index in [1.165, 1.54) is 6.07 Å². The summed E-state index contributed by atoms with van der Waals surface area (Å²) in [5.41, 5.74) is 0.373. The average Bonchev–Trinajstić information content (AvgIpc) is 2.66. The molecule has 1 heterocycles. The molecule has 0 aliphatic rings. The third-order valence-corrected chi connectivity index (χ3v) is 4.08. The van der Waals surface area contributed by atoms with E-state index in [0.29, 0.717) is 23.0 Å². The fraction of sp³-hybridized carbons (Fsp3) is 0.200. The number of hydrogen-bond acceptors (Lipinski definition) is 4. The van der Waals surface area contributed by atoms with Crippen LogP contribution in [0.4, 0.5) is 8.78 Å². The quantitative estimate of drug-likeness (QED) is 0.700. The second-order valence-electron chi connectivity index (χ2n) is 5.82. The van der Waals surface area contributed by atoms with Crippen LogP contribution in [0.15, 0.2) is 63.8 Å². The largest absolute Gasteiger partial charge is 0.451 e. The molecule has 3 aromatic rings. The normalized spacial score (nSPS) is 12.1. The van der Waals surface area contributed by atoms with Crippen LogP contribution in [-0.4, -0.2) is 12.5 Å². The first-order valence-corrected chi connectivity index (χ1v) is 8.37. The van der Waals surface area contributed by atoms with Crippen molar-refractivity contribution in [1.82, 2.24) is 5.32 Å². The number of alkyl halides is 2. The molecular weight excluding hydrogens is 356 g/mol. The Morgan fingerprint density at radius 2 is 1.85 bits per heavy atom. The molecule has 140 valence electrons. The van der Waals surface area contributed by atoms with E-state index in [9.17, 15) is 18.4 Å². The summed E-state index contributed by atoms with van der Waals surface area (Å²) in [5.74, 6) is -0.777. The Bertz CT molecular complexity index is 1020. The lowest BCUT2D eigenvalue weighted by molar-refractivity contribution is -0.0507. The number of hydrogen-bond donors (Lipinski definition) is 1. The highest BCUT2D eigenvalue weighted by molar-refractivity contribution is 5.93. The third-order valence-electron chi connectivity index (χ3n) is 4.08. The average molecular weight is 373 g/mol. The number of fused-ring (bicyclic) bond motifs is 1. The van der Waals surface area contributed by atoms with Crippen LogP contribution in [0.25, 0.3) is 11.0 Å². The summed E-state index contributed by atoms with van der Waals surface area (Å²) in [5, 5.41) is 3.08. The Labute approximate surface area is 153 Å². The van der Waals surface area contributed by atoms with Crippen LogP contribution in [0.5, 0.6) is 5.75 Å². The van der Waals surface area contributed by atoms with Gasteiger partial charge in [0, 0.05) is 11.6 Å². The van der Waals surface area contributed by atoms with E-state index in [1.54, 1.807) is 49.4 Å². The van der Waals surface area contributed by atoms with Gasteiger partial charge in [0.05, 0.1) is 11.4 Å².